The quantitative estimate of drug-likeness (QED) is 0.724. The zero-order valence-corrected chi connectivity index (χ0v) is 11.5. The molecule has 3 unspecified atom stereocenters. The standard InChI is InChI=1S/C14H29NO/c1-5-7-8-11(6-2)10-16-13-9-12(15)14(13,3)4/h11-13H,5-10,15H2,1-4H3. The van der Waals surface area contributed by atoms with E-state index >= 15 is 0 Å². The van der Waals surface area contributed by atoms with Gasteiger partial charge in [-0.1, -0.05) is 47.0 Å². The Kier molecular flexibility index (Phi) is 5.26. The highest BCUT2D eigenvalue weighted by Gasteiger charge is 2.46. The van der Waals surface area contributed by atoms with Gasteiger partial charge in [0.2, 0.25) is 0 Å². The summed E-state index contributed by atoms with van der Waals surface area (Å²) in [5.74, 6) is 0.743. The average molecular weight is 227 g/mol. The zero-order chi connectivity index (χ0) is 12.2. The van der Waals surface area contributed by atoms with Gasteiger partial charge >= 0.3 is 0 Å². The van der Waals surface area contributed by atoms with Crippen LogP contribution >= 0.6 is 0 Å². The van der Waals surface area contributed by atoms with E-state index in [-0.39, 0.29) is 5.41 Å². The summed E-state index contributed by atoms with van der Waals surface area (Å²) >= 11 is 0. The molecule has 2 heteroatoms. The molecule has 0 aromatic rings. The first-order valence-electron chi connectivity index (χ1n) is 6.89. The van der Waals surface area contributed by atoms with Crippen LogP contribution in [-0.2, 0) is 4.74 Å². The Morgan fingerprint density at radius 3 is 2.50 bits per heavy atom. The Hall–Kier alpha value is -0.0800. The van der Waals surface area contributed by atoms with Crippen molar-refractivity contribution in [3.05, 3.63) is 0 Å². The molecule has 96 valence electrons. The van der Waals surface area contributed by atoms with E-state index in [2.05, 4.69) is 27.7 Å². The van der Waals surface area contributed by atoms with Crippen molar-refractivity contribution in [2.24, 2.45) is 17.1 Å². The summed E-state index contributed by atoms with van der Waals surface area (Å²) in [5, 5.41) is 0. The van der Waals surface area contributed by atoms with Crippen molar-refractivity contribution in [1.29, 1.82) is 0 Å². The molecule has 2 N–H and O–H groups in total. The fraction of sp³-hybridized carbons (Fsp3) is 1.00. The lowest BCUT2D eigenvalue weighted by atomic mass is 9.65. The maximum Gasteiger partial charge on any atom is 0.0655 e. The van der Waals surface area contributed by atoms with Crippen LogP contribution in [0.15, 0.2) is 0 Å². The van der Waals surface area contributed by atoms with Crippen LogP contribution in [-0.4, -0.2) is 18.8 Å². The highest BCUT2D eigenvalue weighted by molar-refractivity contribution is 5.00. The van der Waals surface area contributed by atoms with E-state index in [1.807, 2.05) is 0 Å². The molecule has 0 bridgehead atoms. The van der Waals surface area contributed by atoms with Crippen molar-refractivity contribution in [2.45, 2.75) is 71.9 Å². The van der Waals surface area contributed by atoms with Gasteiger partial charge in [-0.3, -0.25) is 0 Å². The van der Waals surface area contributed by atoms with Crippen LogP contribution in [0.3, 0.4) is 0 Å². The van der Waals surface area contributed by atoms with E-state index in [4.69, 9.17) is 10.5 Å². The topological polar surface area (TPSA) is 35.2 Å². The van der Waals surface area contributed by atoms with Gasteiger partial charge in [-0.15, -0.1) is 0 Å². The molecule has 1 saturated carbocycles. The first-order valence-corrected chi connectivity index (χ1v) is 6.89. The van der Waals surface area contributed by atoms with Gasteiger partial charge in [-0.05, 0) is 18.8 Å². The third-order valence-electron chi connectivity index (χ3n) is 4.33. The lowest BCUT2D eigenvalue weighted by Gasteiger charge is -2.50. The predicted octanol–water partition coefficient (Wildman–Crippen LogP) is 3.35. The fourth-order valence-corrected chi connectivity index (χ4v) is 2.35. The second-order valence-electron chi connectivity index (χ2n) is 5.90. The van der Waals surface area contributed by atoms with Gasteiger partial charge in [0.05, 0.1) is 6.10 Å². The molecule has 1 fully saturated rings. The molecule has 0 amide bonds. The van der Waals surface area contributed by atoms with Gasteiger partial charge in [-0.2, -0.15) is 0 Å². The van der Waals surface area contributed by atoms with Gasteiger partial charge in [0.15, 0.2) is 0 Å². The molecule has 16 heavy (non-hydrogen) atoms. The largest absolute Gasteiger partial charge is 0.377 e. The fourth-order valence-electron chi connectivity index (χ4n) is 2.35. The summed E-state index contributed by atoms with van der Waals surface area (Å²) in [4.78, 5) is 0. The molecule has 0 heterocycles. The molecule has 1 aliphatic carbocycles. The minimum atomic E-state index is 0.184. The summed E-state index contributed by atoms with van der Waals surface area (Å²) in [5.41, 5.74) is 6.17. The highest BCUT2D eigenvalue weighted by Crippen LogP contribution is 2.41. The molecule has 1 rings (SSSR count). The van der Waals surface area contributed by atoms with Gasteiger partial charge in [-0.25, -0.2) is 0 Å². The monoisotopic (exact) mass is 227 g/mol. The number of hydrogen-bond donors (Lipinski definition) is 1. The summed E-state index contributed by atoms with van der Waals surface area (Å²) in [6, 6.07) is 0.327. The lowest BCUT2D eigenvalue weighted by Crippen LogP contribution is -2.59. The van der Waals surface area contributed by atoms with E-state index in [1.165, 1.54) is 25.7 Å². The number of nitrogens with two attached hydrogens (primary N) is 1. The van der Waals surface area contributed by atoms with E-state index in [0.29, 0.717) is 12.1 Å². The van der Waals surface area contributed by atoms with Gasteiger partial charge in [0.25, 0.3) is 0 Å². The van der Waals surface area contributed by atoms with Crippen LogP contribution in [0.25, 0.3) is 0 Å². The molecule has 0 spiro atoms. The molecule has 0 aromatic carbocycles. The van der Waals surface area contributed by atoms with Crippen LogP contribution in [0, 0.1) is 11.3 Å². The maximum absolute atomic E-state index is 6.03. The van der Waals surface area contributed by atoms with E-state index in [9.17, 15) is 0 Å². The third kappa shape index (κ3) is 3.21. The number of hydrogen-bond acceptors (Lipinski definition) is 2. The van der Waals surface area contributed by atoms with Gasteiger partial charge in [0, 0.05) is 18.1 Å². The number of rotatable bonds is 7. The predicted molar refractivity (Wildman–Crippen MR) is 69.4 cm³/mol. The molecular weight excluding hydrogens is 198 g/mol. The summed E-state index contributed by atoms with van der Waals surface area (Å²) in [7, 11) is 0. The van der Waals surface area contributed by atoms with Crippen LogP contribution < -0.4 is 5.73 Å². The Morgan fingerprint density at radius 2 is 2.06 bits per heavy atom. The molecule has 0 radical (unpaired) electrons. The minimum Gasteiger partial charge on any atom is -0.377 e. The van der Waals surface area contributed by atoms with Crippen LogP contribution in [0.4, 0.5) is 0 Å². The summed E-state index contributed by atoms with van der Waals surface area (Å²) in [6.07, 6.45) is 6.59. The molecule has 0 aliphatic heterocycles. The van der Waals surface area contributed by atoms with Crippen LogP contribution in [0.5, 0.6) is 0 Å². The second-order valence-corrected chi connectivity index (χ2v) is 5.90. The maximum atomic E-state index is 6.03. The third-order valence-corrected chi connectivity index (χ3v) is 4.33. The summed E-state index contributed by atoms with van der Waals surface area (Å²) in [6.45, 7) is 9.89. The highest BCUT2D eigenvalue weighted by atomic mass is 16.5. The molecule has 1 aliphatic rings. The molecular formula is C14H29NO. The first kappa shape index (κ1) is 14.0. The molecule has 0 aromatic heterocycles. The Labute approximate surface area is 101 Å². The van der Waals surface area contributed by atoms with Crippen molar-refractivity contribution < 1.29 is 4.74 Å². The Bertz CT molecular complexity index is 203. The first-order chi connectivity index (χ1) is 7.52. The van der Waals surface area contributed by atoms with E-state index < -0.39 is 0 Å². The average Bonchev–Trinajstić information content (AvgIpc) is 2.27. The van der Waals surface area contributed by atoms with Gasteiger partial charge in [0.1, 0.15) is 0 Å². The van der Waals surface area contributed by atoms with Gasteiger partial charge < -0.3 is 10.5 Å². The van der Waals surface area contributed by atoms with Crippen molar-refractivity contribution in [2.75, 3.05) is 6.61 Å². The zero-order valence-electron chi connectivity index (χ0n) is 11.5. The molecule has 0 saturated heterocycles. The second kappa shape index (κ2) is 6.02. The van der Waals surface area contributed by atoms with Crippen LogP contribution in [0.2, 0.25) is 0 Å². The smallest absolute Gasteiger partial charge is 0.0655 e. The van der Waals surface area contributed by atoms with Crippen LogP contribution in [0.1, 0.15) is 59.8 Å². The SMILES string of the molecule is CCCCC(CC)COC1CC(N)C1(C)C. The lowest BCUT2D eigenvalue weighted by molar-refractivity contribution is -0.117. The number of ether oxygens (including phenoxy) is 1. The summed E-state index contributed by atoms with van der Waals surface area (Å²) < 4.78 is 6.03. The minimum absolute atomic E-state index is 0.184. The normalized spacial score (nSPS) is 29.8. The molecule has 3 atom stereocenters. The van der Waals surface area contributed by atoms with Crippen molar-refractivity contribution in [1.82, 2.24) is 0 Å². The molecule has 2 nitrogen and oxygen atoms in total. The Balaban J connectivity index is 2.23. The number of unbranched alkanes of at least 4 members (excludes halogenated alkanes) is 1. The van der Waals surface area contributed by atoms with Crippen molar-refractivity contribution in [3.63, 3.8) is 0 Å². The van der Waals surface area contributed by atoms with E-state index in [1.54, 1.807) is 0 Å². The van der Waals surface area contributed by atoms with E-state index in [0.717, 1.165) is 18.9 Å². The van der Waals surface area contributed by atoms with Crippen molar-refractivity contribution in [3.8, 4) is 0 Å². The Morgan fingerprint density at radius 1 is 1.38 bits per heavy atom. The van der Waals surface area contributed by atoms with Crippen molar-refractivity contribution >= 4 is 0 Å².